The van der Waals surface area contributed by atoms with Gasteiger partial charge in [-0.1, -0.05) is 6.58 Å². The van der Waals surface area contributed by atoms with Crippen LogP contribution in [0.5, 0.6) is 0 Å². The minimum absolute atomic E-state index is 0.103. The van der Waals surface area contributed by atoms with Crippen molar-refractivity contribution in [3.05, 3.63) is 30.8 Å². The molecule has 1 aromatic carbocycles. The van der Waals surface area contributed by atoms with Gasteiger partial charge in [0.1, 0.15) is 0 Å². The second kappa shape index (κ2) is 4.56. The zero-order valence-corrected chi connectivity index (χ0v) is 9.29. The highest BCUT2D eigenvalue weighted by Gasteiger charge is 2.04. The molecule has 0 radical (unpaired) electrons. The van der Waals surface area contributed by atoms with E-state index in [4.69, 9.17) is 0 Å². The smallest absolute Gasteiger partial charge is 0.221 e. The van der Waals surface area contributed by atoms with Crippen molar-refractivity contribution in [3.8, 4) is 11.4 Å². The van der Waals surface area contributed by atoms with E-state index in [1.165, 1.54) is 17.9 Å². The molecule has 0 fully saturated rings. The number of amides is 1. The summed E-state index contributed by atoms with van der Waals surface area (Å²) in [5.41, 5.74) is 1.56. The maximum absolute atomic E-state index is 10.9. The van der Waals surface area contributed by atoms with E-state index < -0.39 is 0 Å². The molecule has 6 heteroatoms. The van der Waals surface area contributed by atoms with Gasteiger partial charge in [0.05, 0.1) is 0 Å². The predicted octanol–water partition coefficient (Wildman–Crippen LogP) is 1.40. The fourth-order valence-electron chi connectivity index (χ4n) is 1.32. The number of hydrogen-bond donors (Lipinski definition) is 1. The first-order valence-electron chi connectivity index (χ1n) is 4.99. The Labute approximate surface area is 98.0 Å². The van der Waals surface area contributed by atoms with Crippen LogP contribution in [0.2, 0.25) is 0 Å². The Balaban J connectivity index is 2.22. The summed E-state index contributed by atoms with van der Waals surface area (Å²) in [6, 6.07) is 7.20. The Bertz CT molecular complexity index is 543. The molecule has 0 saturated heterocycles. The number of carbonyl (C=O) groups is 1. The first-order chi connectivity index (χ1) is 8.19. The third-order valence-electron chi connectivity index (χ3n) is 2.06. The van der Waals surface area contributed by atoms with Gasteiger partial charge in [0.2, 0.25) is 11.7 Å². The van der Waals surface area contributed by atoms with Gasteiger partial charge in [-0.2, -0.15) is 0 Å². The molecule has 1 aromatic heterocycles. The minimum Gasteiger partial charge on any atom is -0.326 e. The quantitative estimate of drug-likeness (QED) is 0.863. The van der Waals surface area contributed by atoms with Crippen LogP contribution < -0.4 is 5.32 Å². The number of carbonyl (C=O) groups excluding carboxylic acids is 1. The van der Waals surface area contributed by atoms with Crippen LogP contribution in [0.25, 0.3) is 17.6 Å². The number of aromatic nitrogens is 4. The van der Waals surface area contributed by atoms with Crippen LogP contribution in [0.15, 0.2) is 30.8 Å². The highest BCUT2D eigenvalue weighted by atomic mass is 16.1. The fraction of sp³-hybridized carbons (Fsp3) is 0.0909. The van der Waals surface area contributed by atoms with Crippen molar-refractivity contribution in [1.29, 1.82) is 0 Å². The van der Waals surface area contributed by atoms with Crippen LogP contribution in [0, 0.1) is 0 Å². The molecule has 0 aliphatic carbocycles. The van der Waals surface area contributed by atoms with Gasteiger partial charge in [-0.05, 0) is 29.5 Å². The predicted molar refractivity (Wildman–Crippen MR) is 63.9 cm³/mol. The summed E-state index contributed by atoms with van der Waals surface area (Å²) in [4.78, 5) is 12.1. The average Bonchev–Trinajstić information content (AvgIpc) is 2.78. The summed E-state index contributed by atoms with van der Waals surface area (Å²) >= 11 is 0. The molecule has 0 aliphatic heterocycles. The van der Waals surface area contributed by atoms with Crippen molar-refractivity contribution in [2.75, 3.05) is 5.32 Å². The third kappa shape index (κ3) is 2.54. The van der Waals surface area contributed by atoms with E-state index in [1.54, 1.807) is 12.1 Å². The molecule has 1 amide bonds. The fourth-order valence-corrected chi connectivity index (χ4v) is 1.32. The lowest BCUT2D eigenvalue weighted by Crippen LogP contribution is -2.05. The van der Waals surface area contributed by atoms with Crippen molar-refractivity contribution in [3.63, 3.8) is 0 Å². The van der Waals surface area contributed by atoms with Crippen molar-refractivity contribution < 1.29 is 4.79 Å². The van der Waals surface area contributed by atoms with Crippen LogP contribution in [0.3, 0.4) is 0 Å². The van der Waals surface area contributed by atoms with E-state index in [9.17, 15) is 4.79 Å². The molecule has 0 aliphatic rings. The van der Waals surface area contributed by atoms with Crippen molar-refractivity contribution in [1.82, 2.24) is 20.2 Å². The van der Waals surface area contributed by atoms with Crippen LogP contribution in [-0.2, 0) is 4.79 Å². The first-order valence-corrected chi connectivity index (χ1v) is 4.99. The third-order valence-corrected chi connectivity index (χ3v) is 2.06. The number of tetrazole rings is 1. The van der Waals surface area contributed by atoms with Gasteiger partial charge in [0.25, 0.3) is 0 Å². The highest BCUT2D eigenvalue weighted by Crippen LogP contribution is 2.16. The number of nitrogens with zero attached hydrogens (tertiary/aromatic N) is 4. The molecule has 2 rings (SSSR count). The van der Waals surface area contributed by atoms with E-state index >= 15 is 0 Å². The zero-order chi connectivity index (χ0) is 12.3. The van der Waals surface area contributed by atoms with Crippen molar-refractivity contribution >= 4 is 17.8 Å². The molecule has 0 bridgehead atoms. The Morgan fingerprint density at radius 3 is 2.65 bits per heavy atom. The van der Waals surface area contributed by atoms with Gasteiger partial charge >= 0.3 is 0 Å². The lowest BCUT2D eigenvalue weighted by molar-refractivity contribution is -0.114. The molecule has 0 unspecified atom stereocenters. The molecular weight excluding hydrogens is 218 g/mol. The molecule has 86 valence electrons. The topological polar surface area (TPSA) is 72.7 Å². The summed E-state index contributed by atoms with van der Waals surface area (Å²) < 4.78 is 0. The van der Waals surface area contributed by atoms with Gasteiger partial charge in [0.15, 0.2) is 0 Å². The highest BCUT2D eigenvalue weighted by molar-refractivity contribution is 5.88. The van der Waals surface area contributed by atoms with Crippen LogP contribution in [0.4, 0.5) is 5.69 Å². The SMILES string of the molecule is C=Cn1nnc(-c2ccc(NC(C)=O)cc2)n1. The molecule has 0 spiro atoms. The monoisotopic (exact) mass is 229 g/mol. The number of rotatable bonds is 3. The van der Waals surface area contributed by atoms with E-state index in [-0.39, 0.29) is 5.91 Å². The second-order valence-corrected chi connectivity index (χ2v) is 3.37. The maximum atomic E-state index is 10.9. The molecule has 2 aromatic rings. The molecule has 0 saturated carbocycles. The van der Waals surface area contributed by atoms with E-state index in [2.05, 4.69) is 27.3 Å². The van der Waals surface area contributed by atoms with Gasteiger partial charge in [0, 0.05) is 24.4 Å². The van der Waals surface area contributed by atoms with Crippen molar-refractivity contribution in [2.24, 2.45) is 0 Å². The molecule has 1 N–H and O–H groups in total. The van der Waals surface area contributed by atoms with Gasteiger partial charge in [-0.25, -0.2) is 0 Å². The van der Waals surface area contributed by atoms with Gasteiger partial charge < -0.3 is 5.32 Å². The van der Waals surface area contributed by atoms with E-state index in [0.717, 1.165) is 11.3 Å². The Morgan fingerprint density at radius 2 is 2.12 bits per heavy atom. The number of anilines is 1. The summed E-state index contributed by atoms with van der Waals surface area (Å²) in [7, 11) is 0. The maximum Gasteiger partial charge on any atom is 0.221 e. The van der Waals surface area contributed by atoms with Crippen molar-refractivity contribution in [2.45, 2.75) is 6.92 Å². The van der Waals surface area contributed by atoms with Crippen LogP contribution in [0.1, 0.15) is 6.92 Å². The van der Waals surface area contributed by atoms with Gasteiger partial charge in [-0.15, -0.1) is 15.0 Å². The second-order valence-electron chi connectivity index (χ2n) is 3.37. The summed E-state index contributed by atoms with van der Waals surface area (Å²) in [5, 5.41) is 14.4. The molecule has 17 heavy (non-hydrogen) atoms. The largest absolute Gasteiger partial charge is 0.326 e. The minimum atomic E-state index is -0.103. The normalized spacial score (nSPS) is 9.94. The molecular formula is C11H11N5O. The zero-order valence-electron chi connectivity index (χ0n) is 9.29. The summed E-state index contributed by atoms with van der Waals surface area (Å²) in [5.74, 6) is 0.410. The number of nitrogens with one attached hydrogen (secondary N) is 1. The lowest BCUT2D eigenvalue weighted by atomic mass is 10.2. The molecule has 6 nitrogen and oxygen atoms in total. The van der Waals surface area contributed by atoms with E-state index in [1.807, 2.05) is 12.1 Å². The summed E-state index contributed by atoms with van der Waals surface area (Å²) in [6.07, 6.45) is 1.46. The molecule has 0 atom stereocenters. The van der Waals surface area contributed by atoms with E-state index in [0.29, 0.717) is 5.82 Å². The average molecular weight is 229 g/mol. The Morgan fingerprint density at radius 1 is 1.41 bits per heavy atom. The first kappa shape index (κ1) is 11.0. The standard InChI is InChI=1S/C11H11N5O/c1-3-16-14-11(13-15-16)9-4-6-10(7-5-9)12-8(2)17/h3-7H,1H2,2H3,(H,12,17). The Kier molecular flexibility index (Phi) is 2.95. The van der Waals surface area contributed by atoms with Crippen LogP contribution in [-0.4, -0.2) is 26.1 Å². The number of benzene rings is 1. The Hall–Kier alpha value is -2.50. The molecule has 1 heterocycles. The summed E-state index contributed by atoms with van der Waals surface area (Å²) in [6.45, 7) is 5.00. The number of hydrogen-bond acceptors (Lipinski definition) is 4. The van der Waals surface area contributed by atoms with Crippen LogP contribution >= 0.6 is 0 Å². The lowest BCUT2D eigenvalue weighted by Gasteiger charge is -2.01. The van der Waals surface area contributed by atoms with Gasteiger partial charge in [-0.3, -0.25) is 4.79 Å².